The summed E-state index contributed by atoms with van der Waals surface area (Å²) in [5.74, 6) is 0.668. The van der Waals surface area contributed by atoms with E-state index in [-0.39, 0.29) is 10.6 Å². The predicted molar refractivity (Wildman–Crippen MR) is 94.0 cm³/mol. The molecule has 0 aliphatic carbocycles. The van der Waals surface area contributed by atoms with Crippen LogP contribution in [-0.2, 0) is 10.0 Å². The van der Waals surface area contributed by atoms with Crippen molar-refractivity contribution in [1.29, 1.82) is 0 Å². The third-order valence-corrected chi connectivity index (χ3v) is 4.96. The Kier molecular flexibility index (Phi) is 5.55. The Hall–Kier alpha value is -1.72. The summed E-state index contributed by atoms with van der Waals surface area (Å²) in [6.07, 6.45) is 0. The third-order valence-electron chi connectivity index (χ3n) is 3.32. The molecular formula is C17H20ClNO3S. The zero-order valence-corrected chi connectivity index (χ0v) is 14.9. The Morgan fingerprint density at radius 2 is 1.78 bits per heavy atom. The zero-order valence-electron chi connectivity index (χ0n) is 13.3. The van der Waals surface area contributed by atoms with E-state index in [4.69, 9.17) is 16.3 Å². The second kappa shape index (κ2) is 7.23. The van der Waals surface area contributed by atoms with Gasteiger partial charge in [0.1, 0.15) is 10.6 Å². The SMILES string of the molecule is CCOc1ccc(Cl)cc1S(=O)(=O)Nc1ccc(C(C)C)cc1. The molecule has 0 saturated carbocycles. The molecule has 2 aromatic carbocycles. The van der Waals surface area contributed by atoms with Crippen molar-refractivity contribution in [3.05, 3.63) is 53.1 Å². The first kappa shape index (κ1) is 17.6. The monoisotopic (exact) mass is 353 g/mol. The minimum absolute atomic E-state index is 0.0276. The molecule has 0 saturated heterocycles. The van der Waals surface area contributed by atoms with Crippen molar-refractivity contribution in [1.82, 2.24) is 0 Å². The van der Waals surface area contributed by atoms with E-state index in [2.05, 4.69) is 18.6 Å². The molecule has 4 nitrogen and oxygen atoms in total. The van der Waals surface area contributed by atoms with Crippen LogP contribution in [0.25, 0.3) is 0 Å². The van der Waals surface area contributed by atoms with Gasteiger partial charge in [0.05, 0.1) is 6.61 Å². The number of sulfonamides is 1. The van der Waals surface area contributed by atoms with Gasteiger partial charge < -0.3 is 4.74 Å². The molecule has 124 valence electrons. The molecule has 0 aliphatic rings. The van der Waals surface area contributed by atoms with Crippen molar-refractivity contribution < 1.29 is 13.2 Å². The average molecular weight is 354 g/mol. The van der Waals surface area contributed by atoms with E-state index in [0.717, 1.165) is 5.56 Å². The summed E-state index contributed by atoms with van der Waals surface area (Å²) in [5, 5.41) is 0.337. The molecule has 2 aromatic rings. The molecule has 0 aromatic heterocycles. The summed E-state index contributed by atoms with van der Waals surface area (Å²) < 4.78 is 33.2. The predicted octanol–water partition coefficient (Wildman–Crippen LogP) is 4.66. The van der Waals surface area contributed by atoms with Crippen molar-refractivity contribution in [2.45, 2.75) is 31.6 Å². The second-order valence-electron chi connectivity index (χ2n) is 5.41. The fraction of sp³-hybridized carbons (Fsp3) is 0.294. The van der Waals surface area contributed by atoms with Gasteiger partial charge in [0.15, 0.2) is 0 Å². The maximum Gasteiger partial charge on any atom is 0.265 e. The van der Waals surface area contributed by atoms with Crippen molar-refractivity contribution in [3.8, 4) is 5.75 Å². The first-order valence-electron chi connectivity index (χ1n) is 7.38. The molecule has 0 aliphatic heterocycles. The van der Waals surface area contributed by atoms with Crippen LogP contribution in [0.1, 0.15) is 32.3 Å². The minimum Gasteiger partial charge on any atom is -0.492 e. The molecule has 0 atom stereocenters. The summed E-state index contributed by atoms with van der Waals surface area (Å²) in [6.45, 7) is 6.33. The van der Waals surface area contributed by atoms with Gasteiger partial charge in [0.2, 0.25) is 0 Å². The molecule has 0 unspecified atom stereocenters. The molecule has 0 radical (unpaired) electrons. The molecule has 23 heavy (non-hydrogen) atoms. The van der Waals surface area contributed by atoms with Crippen molar-refractivity contribution in [2.24, 2.45) is 0 Å². The largest absolute Gasteiger partial charge is 0.492 e. The van der Waals surface area contributed by atoms with E-state index in [1.54, 1.807) is 31.2 Å². The summed E-state index contributed by atoms with van der Waals surface area (Å²) in [7, 11) is -3.78. The Morgan fingerprint density at radius 1 is 1.13 bits per heavy atom. The molecule has 2 rings (SSSR count). The van der Waals surface area contributed by atoms with Gasteiger partial charge in [-0.2, -0.15) is 0 Å². The van der Waals surface area contributed by atoms with Crippen LogP contribution in [0.3, 0.4) is 0 Å². The highest BCUT2D eigenvalue weighted by molar-refractivity contribution is 7.92. The molecule has 0 amide bonds. The Bertz CT molecular complexity index is 771. The van der Waals surface area contributed by atoms with Crippen LogP contribution in [0.2, 0.25) is 5.02 Å². The van der Waals surface area contributed by atoms with E-state index >= 15 is 0 Å². The second-order valence-corrected chi connectivity index (χ2v) is 7.49. The van der Waals surface area contributed by atoms with Crippen LogP contribution < -0.4 is 9.46 Å². The highest BCUT2D eigenvalue weighted by Gasteiger charge is 2.20. The lowest BCUT2D eigenvalue weighted by Gasteiger charge is -2.13. The first-order chi connectivity index (χ1) is 10.8. The third kappa shape index (κ3) is 4.39. The van der Waals surface area contributed by atoms with Crippen LogP contribution >= 0.6 is 11.6 Å². The van der Waals surface area contributed by atoms with E-state index in [1.807, 2.05) is 12.1 Å². The summed E-state index contributed by atoms with van der Waals surface area (Å²) in [6, 6.07) is 11.9. The van der Waals surface area contributed by atoms with Gasteiger partial charge >= 0.3 is 0 Å². The van der Waals surface area contributed by atoms with Gasteiger partial charge in [0, 0.05) is 10.7 Å². The van der Waals surface area contributed by atoms with Gasteiger partial charge in [-0.3, -0.25) is 4.72 Å². The smallest absolute Gasteiger partial charge is 0.265 e. The lowest BCUT2D eigenvalue weighted by Crippen LogP contribution is -2.14. The number of ether oxygens (including phenoxy) is 1. The number of nitrogens with one attached hydrogen (secondary N) is 1. The normalized spacial score (nSPS) is 11.5. The summed E-state index contributed by atoms with van der Waals surface area (Å²) in [4.78, 5) is 0.0276. The van der Waals surface area contributed by atoms with Crippen molar-refractivity contribution >= 4 is 27.3 Å². The van der Waals surface area contributed by atoms with Crippen LogP contribution in [0, 0.1) is 0 Å². The van der Waals surface area contributed by atoms with E-state index in [1.165, 1.54) is 6.07 Å². The van der Waals surface area contributed by atoms with Gasteiger partial charge in [-0.15, -0.1) is 0 Å². The molecule has 1 N–H and O–H groups in total. The van der Waals surface area contributed by atoms with Gasteiger partial charge in [-0.1, -0.05) is 37.6 Å². The molecule has 0 heterocycles. The Balaban J connectivity index is 2.33. The Morgan fingerprint density at radius 3 is 2.35 bits per heavy atom. The van der Waals surface area contributed by atoms with Gasteiger partial charge in [-0.25, -0.2) is 8.42 Å². The van der Waals surface area contributed by atoms with Crippen LogP contribution in [0.5, 0.6) is 5.75 Å². The number of hydrogen-bond acceptors (Lipinski definition) is 3. The van der Waals surface area contributed by atoms with Crippen molar-refractivity contribution in [2.75, 3.05) is 11.3 Å². The fourth-order valence-electron chi connectivity index (χ4n) is 2.11. The highest BCUT2D eigenvalue weighted by Crippen LogP contribution is 2.29. The standard InChI is InChI=1S/C17H20ClNO3S/c1-4-22-16-10-7-14(18)11-17(16)23(20,21)19-15-8-5-13(6-9-15)12(2)3/h5-12,19H,4H2,1-3H3. The zero-order chi connectivity index (χ0) is 17.0. The number of hydrogen-bond donors (Lipinski definition) is 1. The quantitative estimate of drug-likeness (QED) is 0.821. The maximum atomic E-state index is 12.6. The lowest BCUT2D eigenvalue weighted by molar-refractivity contribution is 0.331. The molecular weight excluding hydrogens is 334 g/mol. The minimum atomic E-state index is -3.78. The van der Waals surface area contributed by atoms with E-state index in [0.29, 0.717) is 23.2 Å². The van der Waals surface area contributed by atoms with Crippen LogP contribution in [0.15, 0.2) is 47.4 Å². The van der Waals surface area contributed by atoms with Crippen LogP contribution in [0.4, 0.5) is 5.69 Å². The van der Waals surface area contributed by atoms with Gasteiger partial charge in [0.25, 0.3) is 10.0 Å². The Labute approximate surface area is 142 Å². The number of rotatable bonds is 6. The number of halogens is 1. The highest BCUT2D eigenvalue weighted by atomic mass is 35.5. The average Bonchev–Trinajstić information content (AvgIpc) is 2.49. The number of anilines is 1. The van der Waals surface area contributed by atoms with Gasteiger partial charge in [-0.05, 0) is 48.7 Å². The topological polar surface area (TPSA) is 55.4 Å². The summed E-state index contributed by atoms with van der Waals surface area (Å²) in [5.41, 5.74) is 1.64. The maximum absolute atomic E-state index is 12.6. The number of benzene rings is 2. The van der Waals surface area contributed by atoms with E-state index in [9.17, 15) is 8.42 Å². The molecule has 0 fully saturated rings. The van der Waals surface area contributed by atoms with Crippen LogP contribution in [-0.4, -0.2) is 15.0 Å². The van der Waals surface area contributed by atoms with E-state index < -0.39 is 10.0 Å². The molecule has 6 heteroatoms. The molecule has 0 spiro atoms. The molecule has 0 bridgehead atoms. The van der Waals surface area contributed by atoms with Crippen molar-refractivity contribution in [3.63, 3.8) is 0 Å². The first-order valence-corrected chi connectivity index (χ1v) is 9.24. The fourth-order valence-corrected chi connectivity index (χ4v) is 3.58. The summed E-state index contributed by atoms with van der Waals surface area (Å²) >= 11 is 5.93. The lowest BCUT2D eigenvalue weighted by atomic mass is 10.0.